The Hall–Kier alpha value is -6.66. The van der Waals surface area contributed by atoms with E-state index in [9.17, 15) is 0 Å². The second-order valence-corrected chi connectivity index (χ2v) is 11.6. The topological polar surface area (TPSA) is 77.8 Å². The molecule has 9 aromatic rings. The van der Waals surface area contributed by atoms with E-state index in [2.05, 4.69) is 123 Å². The van der Waals surface area contributed by atoms with Crippen molar-refractivity contribution in [1.29, 1.82) is 0 Å². The normalized spacial score (nSPS) is 11.3. The number of oxazole rings is 2. The molecule has 0 aliphatic carbocycles. The molecule has 0 fully saturated rings. The zero-order valence-corrected chi connectivity index (χ0v) is 25.6. The third-order valence-corrected chi connectivity index (χ3v) is 8.76. The van der Waals surface area contributed by atoms with E-state index in [1.165, 1.54) is 11.1 Å². The summed E-state index contributed by atoms with van der Waals surface area (Å²) < 4.78 is 11.3. The van der Waals surface area contributed by atoms with Crippen LogP contribution in [0.4, 0.5) is 0 Å². The lowest BCUT2D eigenvalue weighted by atomic mass is 9.84. The average Bonchev–Trinajstić information content (AvgIpc) is 3.90. The predicted octanol–water partition coefficient (Wildman–Crippen LogP) is 10.8. The molecular formula is C42H26N4O2. The largest absolute Gasteiger partial charge is 0.444 e. The van der Waals surface area contributed by atoms with Crippen molar-refractivity contribution in [2.75, 3.05) is 0 Å². The van der Waals surface area contributed by atoms with E-state index in [4.69, 9.17) is 8.83 Å². The molecule has 226 valence electrons. The van der Waals surface area contributed by atoms with Crippen LogP contribution in [-0.4, -0.2) is 19.9 Å². The van der Waals surface area contributed by atoms with E-state index in [0.29, 0.717) is 11.8 Å². The number of hydrogen-bond donors (Lipinski definition) is 0. The van der Waals surface area contributed by atoms with Crippen LogP contribution in [0.15, 0.2) is 168 Å². The van der Waals surface area contributed by atoms with Gasteiger partial charge < -0.3 is 8.83 Å². The summed E-state index contributed by atoms with van der Waals surface area (Å²) in [5.41, 5.74) is 10.4. The lowest BCUT2D eigenvalue weighted by Gasteiger charge is -2.19. The van der Waals surface area contributed by atoms with E-state index < -0.39 is 0 Å². The van der Waals surface area contributed by atoms with Gasteiger partial charge in [-0.25, -0.2) is 9.97 Å². The zero-order chi connectivity index (χ0) is 31.9. The molecule has 0 N–H and O–H groups in total. The summed E-state index contributed by atoms with van der Waals surface area (Å²) in [4.78, 5) is 18.1. The van der Waals surface area contributed by atoms with Gasteiger partial charge in [0.15, 0.2) is 0 Å². The molecule has 48 heavy (non-hydrogen) atoms. The van der Waals surface area contributed by atoms with Gasteiger partial charge in [-0.3, -0.25) is 9.97 Å². The number of pyridine rings is 2. The quantitative estimate of drug-likeness (QED) is 0.173. The van der Waals surface area contributed by atoms with Crippen molar-refractivity contribution in [3.05, 3.63) is 159 Å². The van der Waals surface area contributed by atoms with Crippen LogP contribution in [0.2, 0.25) is 0 Å². The Morgan fingerprint density at radius 1 is 0.375 bits per heavy atom. The molecule has 0 aliphatic heterocycles. The molecule has 0 spiro atoms. The third kappa shape index (κ3) is 4.75. The van der Waals surface area contributed by atoms with Crippen LogP contribution in [0.1, 0.15) is 0 Å². The summed E-state index contributed by atoms with van der Waals surface area (Å²) in [6.45, 7) is 0. The van der Waals surface area contributed by atoms with Crippen LogP contribution in [0.25, 0.3) is 89.0 Å². The minimum Gasteiger partial charge on any atom is -0.444 e. The molecule has 0 radical (unpaired) electrons. The Kier molecular flexibility index (Phi) is 6.68. The monoisotopic (exact) mass is 618 g/mol. The fourth-order valence-electron chi connectivity index (χ4n) is 6.69. The van der Waals surface area contributed by atoms with E-state index in [-0.39, 0.29) is 0 Å². The molecule has 0 saturated heterocycles. The maximum Gasteiger partial charge on any atom is 0.227 e. The molecule has 4 heterocycles. The lowest BCUT2D eigenvalue weighted by Crippen LogP contribution is -1.94. The first kappa shape index (κ1) is 27.6. The SMILES string of the molecule is c1ccc(-c2ccccc2-c2ccc3c(-c4cncc(-c5ncco5)c4)c4ccccc4c(-c4cncc(-c5ncco5)c4)c3c2)cc1. The van der Waals surface area contributed by atoms with Gasteiger partial charge in [0.05, 0.1) is 23.5 Å². The highest BCUT2D eigenvalue weighted by molar-refractivity contribution is 6.22. The second-order valence-electron chi connectivity index (χ2n) is 11.6. The van der Waals surface area contributed by atoms with E-state index >= 15 is 0 Å². The fraction of sp³-hybridized carbons (Fsp3) is 0. The molecule has 0 saturated carbocycles. The second kappa shape index (κ2) is 11.6. The molecule has 0 unspecified atom stereocenters. The summed E-state index contributed by atoms with van der Waals surface area (Å²) >= 11 is 0. The van der Waals surface area contributed by atoms with Gasteiger partial charge in [0.25, 0.3) is 0 Å². The molecule has 0 amide bonds. The van der Waals surface area contributed by atoms with Crippen LogP contribution in [0, 0.1) is 0 Å². The van der Waals surface area contributed by atoms with Crippen molar-refractivity contribution in [3.63, 3.8) is 0 Å². The third-order valence-electron chi connectivity index (χ3n) is 8.76. The highest BCUT2D eigenvalue weighted by Crippen LogP contribution is 2.46. The summed E-state index contributed by atoms with van der Waals surface area (Å²) in [6.07, 6.45) is 13.9. The number of nitrogens with zero attached hydrogens (tertiary/aromatic N) is 4. The van der Waals surface area contributed by atoms with Crippen molar-refractivity contribution in [1.82, 2.24) is 19.9 Å². The van der Waals surface area contributed by atoms with Gasteiger partial charge in [-0.05, 0) is 73.1 Å². The summed E-state index contributed by atoms with van der Waals surface area (Å²) in [6, 6.07) is 38.6. The van der Waals surface area contributed by atoms with Crippen LogP contribution in [0.3, 0.4) is 0 Å². The van der Waals surface area contributed by atoms with Gasteiger partial charge in [0, 0.05) is 35.9 Å². The van der Waals surface area contributed by atoms with Crippen molar-refractivity contribution in [2.24, 2.45) is 0 Å². The molecule has 5 aromatic carbocycles. The summed E-state index contributed by atoms with van der Waals surface area (Å²) in [7, 11) is 0. The van der Waals surface area contributed by atoms with Crippen LogP contribution in [0.5, 0.6) is 0 Å². The van der Waals surface area contributed by atoms with Crippen molar-refractivity contribution in [2.45, 2.75) is 0 Å². The Bertz CT molecular complexity index is 2560. The Morgan fingerprint density at radius 3 is 1.46 bits per heavy atom. The molecule has 4 aromatic heterocycles. The molecular weight excluding hydrogens is 592 g/mol. The molecule has 6 heteroatoms. The van der Waals surface area contributed by atoms with Crippen molar-refractivity contribution < 1.29 is 8.83 Å². The number of fused-ring (bicyclic) bond motifs is 2. The molecule has 6 nitrogen and oxygen atoms in total. The lowest BCUT2D eigenvalue weighted by molar-refractivity contribution is 0.574. The van der Waals surface area contributed by atoms with E-state index in [1.54, 1.807) is 37.3 Å². The maximum absolute atomic E-state index is 5.67. The first-order valence-electron chi connectivity index (χ1n) is 15.7. The Morgan fingerprint density at radius 2 is 0.875 bits per heavy atom. The fourth-order valence-corrected chi connectivity index (χ4v) is 6.69. The standard InChI is InChI=1S/C42H26N4O2/c1-2-8-27(9-3-1)33-10-4-5-11-34(33)28-14-15-37-38(22-28)40(30-21-32(26-44-24-30)42-46-17-19-48-42)36-13-7-6-12-35(36)39(37)29-20-31(25-43-23-29)41-45-16-18-47-41/h1-26H. The first-order chi connectivity index (χ1) is 23.8. The minimum atomic E-state index is 0.529. The van der Waals surface area contributed by atoms with Crippen molar-refractivity contribution in [3.8, 4) is 67.4 Å². The van der Waals surface area contributed by atoms with Gasteiger partial charge in [-0.1, -0.05) is 91.0 Å². The van der Waals surface area contributed by atoms with Crippen molar-refractivity contribution >= 4 is 21.5 Å². The maximum atomic E-state index is 5.67. The number of aromatic nitrogens is 4. The first-order valence-corrected chi connectivity index (χ1v) is 15.7. The van der Waals surface area contributed by atoms with Gasteiger partial charge >= 0.3 is 0 Å². The van der Waals surface area contributed by atoms with Crippen LogP contribution >= 0.6 is 0 Å². The molecule has 0 atom stereocenters. The average molecular weight is 619 g/mol. The smallest absolute Gasteiger partial charge is 0.227 e. The van der Waals surface area contributed by atoms with Crippen LogP contribution < -0.4 is 0 Å². The summed E-state index contributed by atoms with van der Waals surface area (Å²) in [5, 5.41) is 4.39. The van der Waals surface area contributed by atoms with Crippen LogP contribution in [-0.2, 0) is 0 Å². The Balaban J connectivity index is 1.36. The number of rotatable bonds is 6. The highest BCUT2D eigenvalue weighted by atomic mass is 16.3. The summed E-state index contributed by atoms with van der Waals surface area (Å²) in [5.74, 6) is 1.06. The molecule has 0 aliphatic rings. The van der Waals surface area contributed by atoms with E-state index in [0.717, 1.165) is 66.1 Å². The number of hydrogen-bond acceptors (Lipinski definition) is 6. The van der Waals surface area contributed by atoms with Gasteiger partial charge in [0.1, 0.15) is 12.5 Å². The molecule has 9 rings (SSSR count). The Labute approximate surface area is 276 Å². The molecule has 0 bridgehead atoms. The van der Waals surface area contributed by atoms with Gasteiger partial charge in [-0.2, -0.15) is 0 Å². The van der Waals surface area contributed by atoms with Gasteiger partial charge in [-0.15, -0.1) is 0 Å². The zero-order valence-electron chi connectivity index (χ0n) is 25.6. The number of benzene rings is 5. The van der Waals surface area contributed by atoms with E-state index in [1.807, 2.05) is 18.5 Å². The highest BCUT2D eigenvalue weighted by Gasteiger charge is 2.20. The predicted molar refractivity (Wildman–Crippen MR) is 190 cm³/mol. The minimum absolute atomic E-state index is 0.529. The van der Waals surface area contributed by atoms with Gasteiger partial charge in [0.2, 0.25) is 11.8 Å².